The first-order chi connectivity index (χ1) is 13.3. The number of nitrogens with one attached hydrogen (secondary N) is 2. The second-order valence-electron chi connectivity index (χ2n) is 6.98. The monoisotopic (exact) mass is 363 g/mol. The highest BCUT2D eigenvalue weighted by atomic mass is 16.6. The zero-order chi connectivity index (χ0) is 18.2. The van der Waals surface area contributed by atoms with Crippen LogP contribution in [0.2, 0.25) is 0 Å². The average Bonchev–Trinajstić information content (AvgIpc) is 3.09. The first-order valence-corrected chi connectivity index (χ1v) is 9.27. The summed E-state index contributed by atoms with van der Waals surface area (Å²) in [5.74, 6) is 1.48. The number of ether oxygens (including phenoxy) is 2. The Labute approximate surface area is 157 Å². The minimum absolute atomic E-state index is 0.0617. The first kappa shape index (κ1) is 16.1. The maximum atomic E-state index is 12.7. The molecular formula is C21H21N3O3. The lowest BCUT2D eigenvalue weighted by atomic mass is 10.0. The van der Waals surface area contributed by atoms with Gasteiger partial charge in [-0.3, -0.25) is 0 Å². The molecule has 27 heavy (non-hydrogen) atoms. The Balaban J connectivity index is 1.22. The molecule has 0 aliphatic carbocycles. The fraction of sp³-hybridized carbons (Fsp3) is 0.286. The number of aromatic nitrogens is 1. The Kier molecular flexibility index (Phi) is 3.89. The van der Waals surface area contributed by atoms with Gasteiger partial charge in [0.15, 0.2) is 17.6 Å². The van der Waals surface area contributed by atoms with Crippen LogP contribution >= 0.6 is 0 Å². The molecule has 2 N–H and O–H groups in total. The second kappa shape index (κ2) is 6.54. The molecule has 138 valence electrons. The maximum absolute atomic E-state index is 12.7. The summed E-state index contributed by atoms with van der Waals surface area (Å²) in [6.07, 6.45) is 0.658. The van der Waals surface area contributed by atoms with Gasteiger partial charge in [0.2, 0.25) is 0 Å². The van der Waals surface area contributed by atoms with Crippen LogP contribution in [-0.4, -0.2) is 41.7 Å². The SMILES string of the molecule is O=C(NC[C@H]1COc2ccccc2O1)N1CCc2[nH]c3ccccc3c2C1. The molecule has 2 aromatic carbocycles. The molecule has 0 saturated carbocycles. The van der Waals surface area contributed by atoms with Crippen molar-refractivity contribution in [3.63, 3.8) is 0 Å². The van der Waals surface area contributed by atoms with Gasteiger partial charge in [-0.1, -0.05) is 30.3 Å². The number of hydrogen-bond donors (Lipinski definition) is 2. The lowest BCUT2D eigenvalue weighted by molar-refractivity contribution is 0.0898. The predicted molar refractivity (Wildman–Crippen MR) is 102 cm³/mol. The number of para-hydroxylation sites is 3. The minimum Gasteiger partial charge on any atom is -0.486 e. The van der Waals surface area contributed by atoms with Crippen LogP contribution in [0.5, 0.6) is 11.5 Å². The van der Waals surface area contributed by atoms with E-state index in [0.717, 1.165) is 23.4 Å². The van der Waals surface area contributed by atoms with Gasteiger partial charge in [-0.2, -0.15) is 0 Å². The van der Waals surface area contributed by atoms with Crippen molar-refractivity contribution in [1.29, 1.82) is 0 Å². The molecule has 2 aliphatic heterocycles. The van der Waals surface area contributed by atoms with Crippen LogP contribution in [0.3, 0.4) is 0 Å². The van der Waals surface area contributed by atoms with Crippen molar-refractivity contribution in [1.82, 2.24) is 15.2 Å². The molecular weight excluding hydrogens is 342 g/mol. The molecule has 0 bridgehead atoms. The van der Waals surface area contributed by atoms with Crippen LogP contribution in [0.15, 0.2) is 48.5 Å². The van der Waals surface area contributed by atoms with Gasteiger partial charge in [0, 0.05) is 41.7 Å². The molecule has 0 saturated heterocycles. The van der Waals surface area contributed by atoms with Crippen molar-refractivity contribution in [2.75, 3.05) is 19.7 Å². The van der Waals surface area contributed by atoms with Gasteiger partial charge in [-0.05, 0) is 18.2 Å². The Bertz CT molecular complexity index is 997. The fourth-order valence-corrected chi connectivity index (χ4v) is 3.82. The standard InChI is InChI=1S/C21H21N3O3/c25-21(22-11-14-13-26-19-7-3-4-8-20(19)27-14)24-10-9-18-16(12-24)15-5-1-2-6-17(15)23-18/h1-8,14,23H,9-13H2,(H,22,25)/t14-/m0/s1. The van der Waals surface area contributed by atoms with E-state index < -0.39 is 0 Å². The van der Waals surface area contributed by atoms with Crippen LogP contribution in [0.1, 0.15) is 11.3 Å². The van der Waals surface area contributed by atoms with Gasteiger partial charge in [0.1, 0.15) is 6.61 Å². The lowest BCUT2D eigenvalue weighted by Crippen LogP contribution is -2.47. The number of carbonyl (C=O) groups excluding carboxylic acids is 1. The number of fused-ring (bicyclic) bond motifs is 4. The van der Waals surface area contributed by atoms with Gasteiger partial charge in [0.25, 0.3) is 0 Å². The Morgan fingerprint density at radius 1 is 1.15 bits per heavy atom. The summed E-state index contributed by atoms with van der Waals surface area (Å²) in [5, 5.41) is 4.20. The molecule has 6 nitrogen and oxygen atoms in total. The Hall–Kier alpha value is -3.15. The average molecular weight is 363 g/mol. The van der Waals surface area contributed by atoms with Gasteiger partial charge in [-0.15, -0.1) is 0 Å². The molecule has 0 radical (unpaired) electrons. The summed E-state index contributed by atoms with van der Waals surface area (Å²) >= 11 is 0. The topological polar surface area (TPSA) is 66.6 Å². The number of benzene rings is 2. The van der Waals surface area contributed by atoms with Crippen molar-refractivity contribution in [3.05, 3.63) is 59.8 Å². The van der Waals surface area contributed by atoms with Gasteiger partial charge in [-0.25, -0.2) is 4.79 Å². The Morgan fingerprint density at radius 3 is 2.89 bits per heavy atom. The molecule has 1 atom stereocenters. The molecule has 0 spiro atoms. The third kappa shape index (κ3) is 2.97. The van der Waals surface area contributed by atoms with Gasteiger partial charge >= 0.3 is 6.03 Å². The molecule has 3 heterocycles. The first-order valence-electron chi connectivity index (χ1n) is 9.27. The van der Waals surface area contributed by atoms with Crippen molar-refractivity contribution in [3.8, 4) is 11.5 Å². The molecule has 2 aliphatic rings. The third-order valence-corrected chi connectivity index (χ3v) is 5.22. The van der Waals surface area contributed by atoms with E-state index in [0.29, 0.717) is 26.2 Å². The molecule has 1 aromatic heterocycles. The number of amides is 2. The number of aromatic amines is 1. The highest BCUT2D eigenvalue weighted by Crippen LogP contribution is 2.31. The number of urea groups is 1. The number of rotatable bonds is 2. The predicted octanol–water partition coefficient (Wildman–Crippen LogP) is 3.08. The number of carbonyl (C=O) groups is 1. The fourth-order valence-electron chi connectivity index (χ4n) is 3.82. The van der Waals surface area contributed by atoms with E-state index in [-0.39, 0.29) is 12.1 Å². The second-order valence-corrected chi connectivity index (χ2v) is 6.98. The van der Waals surface area contributed by atoms with Crippen molar-refractivity contribution in [2.45, 2.75) is 19.1 Å². The van der Waals surface area contributed by atoms with Gasteiger partial charge < -0.3 is 24.7 Å². The van der Waals surface area contributed by atoms with E-state index in [9.17, 15) is 4.79 Å². The normalized spacial score (nSPS) is 18.2. The minimum atomic E-state index is -0.183. The van der Waals surface area contributed by atoms with Crippen molar-refractivity contribution in [2.24, 2.45) is 0 Å². The highest BCUT2D eigenvalue weighted by Gasteiger charge is 2.26. The van der Waals surface area contributed by atoms with E-state index in [1.165, 1.54) is 16.6 Å². The van der Waals surface area contributed by atoms with Crippen LogP contribution in [0.25, 0.3) is 10.9 Å². The van der Waals surface area contributed by atoms with Crippen molar-refractivity contribution >= 4 is 16.9 Å². The zero-order valence-corrected chi connectivity index (χ0v) is 14.9. The van der Waals surface area contributed by atoms with Crippen LogP contribution in [0, 0.1) is 0 Å². The van der Waals surface area contributed by atoms with E-state index in [1.807, 2.05) is 41.3 Å². The van der Waals surface area contributed by atoms with Crippen LogP contribution < -0.4 is 14.8 Å². The molecule has 3 aromatic rings. The van der Waals surface area contributed by atoms with E-state index in [2.05, 4.69) is 22.4 Å². The maximum Gasteiger partial charge on any atom is 0.317 e. The number of hydrogen-bond acceptors (Lipinski definition) is 3. The van der Waals surface area contributed by atoms with E-state index >= 15 is 0 Å². The summed E-state index contributed by atoms with van der Waals surface area (Å²) in [7, 11) is 0. The molecule has 6 heteroatoms. The van der Waals surface area contributed by atoms with Crippen LogP contribution in [-0.2, 0) is 13.0 Å². The lowest BCUT2D eigenvalue weighted by Gasteiger charge is -2.30. The van der Waals surface area contributed by atoms with E-state index in [1.54, 1.807) is 0 Å². The quantitative estimate of drug-likeness (QED) is 0.735. The summed E-state index contributed by atoms with van der Waals surface area (Å²) in [6.45, 7) is 2.18. The Morgan fingerprint density at radius 2 is 1.96 bits per heavy atom. The molecule has 5 rings (SSSR count). The summed E-state index contributed by atoms with van der Waals surface area (Å²) in [4.78, 5) is 18.0. The third-order valence-electron chi connectivity index (χ3n) is 5.22. The van der Waals surface area contributed by atoms with Gasteiger partial charge in [0.05, 0.1) is 6.54 Å². The van der Waals surface area contributed by atoms with E-state index in [4.69, 9.17) is 9.47 Å². The number of nitrogens with zero attached hydrogens (tertiary/aromatic N) is 1. The number of H-pyrrole nitrogens is 1. The smallest absolute Gasteiger partial charge is 0.317 e. The summed E-state index contributed by atoms with van der Waals surface area (Å²) in [5.41, 5.74) is 3.59. The van der Waals surface area contributed by atoms with Crippen LogP contribution in [0.4, 0.5) is 4.79 Å². The zero-order valence-electron chi connectivity index (χ0n) is 14.9. The largest absolute Gasteiger partial charge is 0.486 e. The van der Waals surface area contributed by atoms with Crippen molar-refractivity contribution < 1.29 is 14.3 Å². The summed E-state index contributed by atoms with van der Waals surface area (Å²) in [6, 6.07) is 15.8. The molecule has 0 unspecified atom stereocenters. The highest BCUT2D eigenvalue weighted by molar-refractivity contribution is 5.85. The molecule has 0 fully saturated rings. The summed E-state index contributed by atoms with van der Waals surface area (Å²) < 4.78 is 11.6. The molecule has 2 amide bonds.